The molecule has 1 aromatic heterocycles. The van der Waals surface area contributed by atoms with Crippen LogP contribution in [0.5, 0.6) is 0 Å². The number of rotatable bonds is 4. The Morgan fingerprint density at radius 1 is 1.60 bits per heavy atom. The van der Waals surface area contributed by atoms with Gasteiger partial charge < -0.3 is 10.6 Å². The molecule has 2 nitrogen and oxygen atoms in total. The molecule has 1 fully saturated rings. The van der Waals surface area contributed by atoms with Crippen molar-refractivity contribution in [3.05, 3.63) is 21.9 Å². The number of piperidine rings is 1. The van der Waals surface area contributed by atoms with Crippen molar-refractivity contribution in [2.45, 2.75) is 26.3 Å². The van der Waals surface area contributed by atoms with Crippen molar-refractivity contribution >= 4 is 11.3 Å². The number of nitrogens with one attached hydrogen (secondary N) is 2. The van der Waals surface area contributed by atoms with Crippen LogP contribution in [0, 0.1) is 12.8 Å². The molecule has 2 heterocycles. The van der Waals surface area contributed by atoms with Crippen molar-refractivity contribution in [3.8, 4) is 0 Å². The van der Waals surface area contributed by atoms with E-state index in [0.717, 1.165) is 19.0 Å². The Kier molecular flexibility index (Phi) is 4.18. The maximum absolute atomic E-state index is 3.57. The summed E-state index contributed by atoms with van der Waals surface area (Å²) in [4.78, 5) is 1.48. The summed E-state index contributed by atoms with van der Waals surface area (Å²) < 4.78 is 0. The quantitative estimate of drug-likeness (QED) is 0.819. The number of aryl methyl sites for hydroxylation is 1. The topological polar surface area (TPSA) is 24.1 Å². The van der Waals surface area contributed by atoms with Gasteiger partial charge in [0, 0.05) is 11.4 Å². The van der Waals surface area contributed by atoms with Crippen molar-refractivity contribution in [1.29, 1.82) is 0 Å². The lowest BCUT2D eigenvalue weighted by molar-refractivity contribution is 0.360. The molecule has 1 aromatic rings. The first-order valence-electron chi connectivity index (χ1n) is 5.80. The summed E-state index contributed by atoms with van der Waals surface area (Å²) in [5.41, 5.74) is 1.43. The molecule has 0 spiro atoms. The van der Waals surface area contributed by atoms with E-state index in [1.165, 1.54) is 36.4 Å². The van der Waals surface area contributed by atoms with Crippen LogP contribution in [0.2, 0.25) is 0 Å². The van der Waals surface area contributed by atoms with Gasteiger partial charge in [-0.3, -0.25) is 0 Å². The molecule has 0 aliphatic carbocycles. The molecule has 1 aliphatic rings. The van der Waals surface area contributed by atoms with Gasteiger partial charge >= 0.3 is 0 Å². The highest BCUT2D eigenvalue weighted by molar-refractivity contribution is 7.10. The van der Waals surface area contributed by atoms with Crippen LogP contribution in [0.25, 0.3) is 0 Å². The number of hydrogen-bond donors (Lipinski definition) is 2. The predicted octanol–water partition coefficient (Wildman–Crippen LogP) is 2.15. The number of hydrogen-bond acceptors (Lipinski definition) is 3. The predicted molar refractivity (Wildman–Crippen MR) is 66.4 cm³/mol. The van der Waals surface area contributed by atoms with E-state index in [1.807, 2.05) is 11.3 Å². The van der Waals surface area contributed by atoms with Crippen LogP contribution in [0.3, 0.4) is 0 Å². The SMILES string of the molecule is Cc1ccsc1CNCC1CCCNC1. The molecule has 0 aromatic carbocycles. The lowest BCUT2D eigenvalue weighted by atomic mass is 10.00. The maximum atomic E-state index is 3.57. The second-order valence-corrected chi connectivity index (χ2v) is 5.37. The average molecular weight is 224 g/mol. The molecule has 1 atom stereocenters. The minimum atomic E-state index is 0.832. The summed E-state index contributed by atoms with van der Waals surface area (Å²) >= 11 is 1.86. The minimum absolute atomic E-state index is 0.832. The van der Waals surface area contributed by atoms with E-state index in [9.17, 15) is 0 Å². The highest BCUT2D eigenvalue weighted by atomic mass is 32.1. The lowest BCUT2D eigenvalue weighted by Gasteiger charge is -2.22. The van der Waals surface area contributed by atoms with Crippen LogP contribution in [0.15, 0.2) is 11.4 Å². The van der Waals surface area contributed by atoms with Crippen molar-refractivity contribution < 1.29 is 0 Å². The maximum Gasteiger partial charge on any atom is 0.0302 e. The van der Waals surface area contributed by atoms with Crippen LogP contribution in [-0.4, -0.2) is 19.6 Å². The van der Waals surface area contributed by atoms with E-state index in [-0.39, 0.29) is 0 Å². The van der Waals surface area contributed by atoms with Gasteiger partial charge in [0.25, 0.3) is 0 Å². The Bertz CT molecular complexity index is 290. The molecule has 0 bridgehead atoms. The molecule has 2 rings (SSSR count). The molecule has 1 aliphatic heterocycles. The van der Waals surface area contributed by atoms with E-state index in [4.69, 9.17) is 0 Å². The molecule has 3 heteroatoms. The first-order valence-corrected chi connectivity index (χ1v) is 6.68. The van der Waals surface area contributed by atoms with Crippen LogP contribution in [-0.2, 0) is 6.54 Å². The Balaban J connectivity index is 1.68. The fourth-order valence-electron chi connectivity index (χ4n) is 2.07. The van der Waals surface area contributed by atoms with Crippen LogP contribution in [0.4, 0.5) is 0 Å². The van der Waals surface area contributed by atoms with Crippen molar-refractivity contribution in [1.82, 2.24) is 10.6 Å². The average Bonchev–Trinajstić information content (AvgIpc) is 2.66. The molecule has 15 heavy (non-hydrogen) atoms. The van der Waals surface area contributed by atoms with Gasteiger partial charge in [0.15, 0.2) is 0 Å². The molecular formula is C12H20N2S. The molecule has 0 saturated carbocycles. The van der Waals surface area contributed by atoms with Gasteiger partial charge in [-0.2, -0.15) is 0 Å². The van der Waals surface area contributed by atoms with Crippen LogP contribution < -0.4 is 10.6 Å². The summed E-state index contributed by atoms with van der Waals surface area (Å²) in [6.45, 7) is 6.79. The number of thiophene rings is 1. The fourth-order valence-corrected chi connectivity index (χ4v) is 2.95. The summed E-state index contributed by atoms with van der Waals surface area (Å²) in [5, 5.41) is 9.20. The minimum Gasteiger partial charge on any atom is -0.316 e. The first-order chi connectivity index (χ1) is 7.36. The molecule has 84 valence electrons. The third-order valence-corrected chi connectivity index (χ3v) is 4.11. The Hall–Kier alpha value is -0.380. The van der Waals surface area contributed by atoms with E-state index in [2.05, 4.69) is 29.0 Å². The molecule has 2 N–H and O–H groups in total. The van der Waals surface area contributed by atoms with Crippen molar-refractivity contribution in [2.75, 3.05) is 19.6 Å². The van der Waals surface area contributed by atoms with Gasteiger partial charge in [0.1, 0.15) is 0 Å². The summed E-state index contributed by atoms with van der Waals surface area (Å²) in [6, 6.07) is 2.20. The Labute approximate surface area is 96.1 Å². The highest BCUT2D eigenvalue weighted by Crippen LogP contribution is 2.15. The molecule has 1 saturated heterocycles. The van der Waals surface area contributed by atoms with E-state index >= 15 is 0 Å². The molecule has 0 radical (unpaired) electrons. The zero-order valence-electron chi connectivity index (χ0n) is 9.38. The highest BCUT2D eigenvalue weighted by Gasteiger charge is 2.12. The third-order valence-electron chi connectivity index (χ3n) is 3.09. The Morgan fingerprint density at radius 2 is 2.53 bits per heavy atom. The van der Waals surface area contributed by atoms with E-state index in [0.29, 0.717) is 0 Å². The van der Waals surface area contributed by atoms with Gasteiger partial charge in [-0.15, -0.1) is 11.3 Å². The normalized spacial score (nSPS) is 21.8. The van der Waals surface area contributed by atoms with Crippen LogP contribution >= 0.6 is 11.3 Å². The van der Waals surface area contributed by atoms with Crippen molar-refractivity contribution in [3.63, 3.8) is 0 Å². The zero-order chi connectivity index (χ0) is 10.5. The van der Waals surface area contributed by atoms with Crippen molar-refractivity contribution in [2.24, 2.45) is 5.92 Å². The van der Waals surface area contributed by atoms with Gasteiger partial charge in [-0.25, -0.2) is 0 Å². The smallest absolute Gasteiger partial charge is 0.0302 e. The second-order valence-electron chi connectivity index (χ2n) is 4.37. The fraction of sp³-hybridized carbons (Fsp3) is 0.667. The monoisotopic (exact) mass is 224 g/mol. The second kappa shape index (κ2) is 5.64. The summed E-state index contributed by atoms with van der Waals surface area (Å²) in [7, 11) is 0. The lowest BCUT2D eigenvalue weighted by Crippen LogP contribution is -2.35. The zero-order valence-corrected chi connectivity index (χ0v) is 10.2. The van der Waals surface area contributed by atoms with Gasteiger partial charge in [-0.05, 0) is 62.3 Å². The van der Waals surface area contributed by atoms with Gasteiger partial charge in [-0.1, -0.05) is 0 Å². The Morgan fingerprint density at radius 3 is 3.20 bits per heavy atom. The summed E-state index contributed by atoms with van der Waals surface area (Å²) in [6.07, 6.45) is 2.72. The molecule has 0 amide bonds. The first kappa shape index (κ1) is 11.1. The standard InChI is InChI=1S/C12H20N2S/c1-10-4-6-15-12(10)9-14-8-11-3-2-5-13-7-11/h4,6,11,13-14H,2-3,5,7-9H2,1H3. The van der Waals surface area contributed by atoms with Gasteiger partial charge in [0.2, 0.25) is 0 Å². The van der Waals surface area contributed by atoms with E-state index < -0.39 is 0 Å². The molecule has 1 unspecified atom stereocenters. The third kappa shape index (κ3) is 3.30. The summed E-state index contributed by atoms with van der Waals surface area (Å²) in [5.74, 6) is 0.832. The van der Waals surface area contributed by atoms with Gasteiger partial charge in [0.05, 0.1) is 0 Å². The van der Waals surface area contributed by atoms with Crippen LogP contribution in [0.1, 0.15) is 23.3 Å². The van der Waals surface area contributed by atoms with E-state index in [1.54, 1.807) is 0 Å². The molecular weight excluding hydrogens is 204 g/mol. The largest absolute Gasteiger partial charge is 0.316 e.